The maximum atomic E-state index is 8.60. The second-order valence-electron chi connectivity index (χ2n) is 3.55. The minimum atomic E-state index is 0.296. The summed E-state index contributed by atoms with van der Waals surface area (Å²) in [5.74, 6) is 0. The normalized spacial score (nSPS) is 10.5. The number of aliphatic hydroxyl groups excluding tert-OH is 1. The fraction of sp³-hybridized carbons (Fsp3) is 0.500. The van der Waals surface area contributed by atoms with Gasteiger partial charge in [-0.15, -0.1) is 0 Å². The Balaban J connectivity index is 2.12. The lowest BCUT2D eigenvalue weighted by Crippen LogP contribution is -2.14. The third-order valence-corrected chi connectivity index (χ3v) is 2.65. The van der Waals surface area contributed by atoms with Crippen molar-refractivity contribution in [1.82, 2.24) is 5.32 Å². The van der Waals surface area contributed by atoms with Crippen LogP contribution in [0, 0.1) is 0 Å². The lowest BCUT2D eigenvalue weighted by Gasteiger charge is -2.06. The Kier molecular flexibility index (Phi) is 6.41. The van der Waals surface area contributed by atoms with Crippen LogP contribution < -0.4 is 5.32 Å². The minimum Gasteiger partial charge on any atom is -0.396 e. The summed E-state index contributed by atoms with van der Waals surface area (Å²) in [4.78, 5) is 0. The van der Waals surface area contributed by atoms with Crippen molar-refractivity contribution >= 4 is 11.6 Å². The molecule has 0 saturated carbocycles. The zero-order valence-electron chi connectivity index (χ0n) is 8.88. The number of benzene rings is 1. The van der Waals surface area contributed by atoms with Gasteiger partial charge in [0, 0.05) is 18.2 Å². The van der Waals surface area contributed by atoms with E-state index in [2.05, 4.69) is 5.32 Å². The van der Waals surface area contributed by atoms with Gasteiger partial charge in [-0.3, -0.25) is 0 Å². The molecule has 1 rings (SSSR count). The molecule has 0 amide bonds. The standard InChI is InChI=1S/C12H18ClNO/c13-12-7-3-2-6-11(12)10-14-8-4-1-5-9-15/h2-3,6-7,14-15H,1,4-5,8-10H2. The van der Waals surface area contributed by atoms with Crippen molar-refractivity contribution in [3.63, 3.8) is 0 Å². The van der Waals surface area contributed by atoms with E-state index in [4.69, 9.17) is 16.7 Å². The van der Waals surface area contributed by atoms with Gasteiger partial charge in [-0.2, -0.15) is 0 Å². The topological polar surface area (TPSA) is 32.3 Å². The van der Waals surface area contributed by atoms with Gasteiger partial charge < -0.3 is 10.4 Å². The second kappa shape index (κ2) is 7.69. The molecule has 0 aliphatic rings. The van der Waals surface area contributed by atoms with E-state index in [0.29, 0.717) is 6.61 Å². The molecular weight excluding hydrogens is 210 g/mol. The van der Waals surface area contributed by atoms with E-state index >= 15 is 0 Å². The lowest BCUT2D eigenvalue weighted by molar-refractivity contribution is 0.283. The van der Waals surface area contributed by atoms with Crippen LogP contribution in [0.3, 0.4) is 0 Å². The largest absolute Gasteiger partial charge is 0.396 e. The molecule has 0 radical (unpaired) electrons. The first-order valence-electron chi connectivity index (χ1n) is 5.39. The third-order valence-electron chi connectivity index (χ3n) is 2.28. The van der Waals surface area contributed by atoms with Crippen molar-refractivity contribution in [2.24, 2.45) is 0 Å². The summed E-state index contributed by atoms with van der Waals surface area (Å²) in [6.45, 7) is 2.09. The predicted molar refractivity (Wildman–Crippen MR) is 64.1 cm³/mol. The fourth-order valence-corrected chi connectivity index (χ4v) is 1.61. The molecule has 84 valence electrons. The number of hydrogen-bond donors (Lipinski definition) is 2. The highest BCUT2D eigenvalue weighted by atomic mass is 35.5. The van der Waals surface area contributed by atoms with Crippen molar-refractivity contribution < 1.29 is 5.11 Å². The monoisotopic (exact) mass is 227 g/mol. The van der Waals surface area contributed by atoms with Gasteiger partial charge in [0.15, 0.2) is 0 Å². The SMILES string of the molecule is OCCCCCNCc1ccccc1Cl. The van der Waals surface area contributed by atoms with Crippen LogP contribution in [0.5, 0.6) is 0 Å². The summed E-state index contributed by atoms with van der Waals surface area (Å²) in [7, 11) is 0. The molecule has 2 nitrogen and oxygen atoms in total. The molecule has 1 aromatic carbocycles. The minimum absolute atomic E-state index is 0.296. The Morgan fingerprint density at radius 3 is 2.67 bits per heavy atom. The Bertz CT molecular complexity index is 278. The van der Waals surface area contributed by atoms with Crippen LogP contribution in [0.25, 0.3) is 0 Å². The number of rotatable bonds is 7. The van der Waals surface area contributed by atoms with E-state index in [1.807, 2.05) is 24.3 Å². The van der Waals surface area contributed by atoms with Crippen LogP contribution in [0.2, 0.25) is 5.02 Å². The second-order valence-corrected chi connectivity index (χ2v) is 3.96. The Morgan fingerprint density at radius 1 is 1.13 bits per heavy atom. The van der Waals surface area contributed by atoms with Crippen molar-refractivity contribution in [3.8, 4) is 0 Å². The maximum Gasteiger partial charge on any atom is 0.0450 e. The highest BCUT2D eigenvalue weighted by Gasteiger charge is 1.97. The van der Waals surface area contributed by atoms with Crippen LogP contribution in [0.4, 0.5) is 0 Å². The molecule has 0 unspecified atom stereocenters. The van der Waals surface area contributed by atoms with Gasteiger partial charge in [0.25, 0.3) is 0 Å². The van der Waals surface area contributed by atoms with Crippen LogP contribution in [-0.2, 0) is 6.54 Å². The average molecular weight is 228 g/mol. The van der Waals surface area contributed by atoms with E-state index < -0.39 is 0 Å². The van der Waals surface area contributed by atoms with Gasteiger partial charge in [0.05, 0.1) is 0 Å². The zero-order valence-corrected chi connectivity index (χ0v) is 9.63. The average Bonchev–Trinajstić information content (AvgIpc) is 2.25. The molecule has 0 aliphatic heterocycles. The third kappa shape index (κ3) is 5.17. The highest BCUT2D eigenvalue weighted by Crippen LogP contribution is 2.14. The number of aliphatic hydroxyl groups is 1. The molecule has 3 heteroatoms. The Morgan fingerprint density at radius 2 is 1.93 bits per heavy atom. The molecule has 0 aromatic heterocycles. The Labute approximate surface area is 96.3 Å². The molecule has 0 fully saturated rings. The van der Waals surface area contributed by atoms with Crippen LogP contribution >= 0.6 is 11.6 Å². The predicted octanol–water partition coefficient (Wildman–Crippen LogP) is 2.59. The van der Waals surface area contributed by atoms with E-state index in [0.717, 1.165) is 42.9 Å². The van der Waals surface area contributed by atoms with Gasteiger partial charge in [0.1, 0.15) is 0 Å². The van der Waals surface area contributed by atoms with Gasteiger partial charge in [-0.25, -0.2) is 0 Å². The number of unbranched alkanes of at least 4 members (excludes halogenated alkanes) is 2. The van der Waals surface area contributed by atoms with E-state index in [-0.39, 0.29) is 0 Å². The van der Waals surface area contributed by atoms with E-state index in [1.54, 1.807) is 0 Å². The molecular formula is C12H18ClNO. The Hall–Kier alpha value is -0.570. The van der Waals surface area contributed by atoms with Gasteiger partial charge in [0.2, 0.25) is 0 Å². The summed E-state index contributed by atoms with van der Waals surface area (Å²) >= 11 is 6.01. The molecule has 0 atom stereocenters. The van der Waals surface area contributed by atoms with Gasteiger partial charge >= 0.3 is 0 Å². The quantitative estimate of drug-likeness (QED) is 0.702. The molecule has 0 spiro atoms. The first-order valence-corrected chi connectivity index (χ1v) is 5.77. The zero-order chi connectivity index (χ0) is 10.9. The summed E-state index contributed by atoms with van der Waals surface area (Å²) in [5, 5.41) is 12.8. The molecule has 15 heavy (non-hydrogen) atoms. The van der Waals surface area contributed by atoms with Crippen molar-refractivity contribution in [3.05, 3.63) is 34.9 Å². The van der Waals surface area contributed by atoms with Crippen LogP contribution in [0.1, 0.15) is 24.8 Å². The van der Waals surface area contributed by atoms with Gasteiger partial charge in [-0.1, -0.05) is 29.8 Å². The van der Waals surface area contributed by atoms with Crippen LogP contribution in [-0.4, -0.2) is 18.3 Å². The summed E-state index contributed by atoms with van der Waals surface area (Å²) in [6, 6.07) is 7.87. The molecule has 0 heterocycles. The number of nitrogens with one attached hydrogen (secondary N) is 1. The molecule has 0 bridgehead atoms. The first-order chi connectivity index (χ1) is 7.34. The molecule has 1 aromatic rings. The summed E-state index contributed by atoms with van der Waals surface area (Å²) in [5.41, 5.74) is 1.14. The fourth-order valence-electron chi connectivity index (χ4n) is 1.40. The van der Waals surface area contributed by atoms with E-state index in [9.17, 15) is 0 Å². The summed E-state index contributed by atoms with van der Waals surface area (Å²) in [6.07, 6.45) is 3.07. The number of hydrogen-bond acceptors (Lipinski definition) is 2. The van der Waals surface area contributed by atoms with Gasteiger partial charge in [-0.05, 0) is 37.4 Å². The molecule has 2 N–H and O–H groups in total. The smallest absolute Gasteiger partial charge is 0.0450 e. The molecule has 0 saturated heterocycles. The van der Waals surface area contributed by atoms with Crippen molar-refractivity contribution in [2.75, 3.05) is 13.2 Å². The first kappa shape index (κ1) is 12.5. The summed E-state index contributed by atoms with van der Waals surface area (Å²) < 4.78 is 0. The van der Waals surface area contributed by atoms with Crippen molar-refractivity contribution in [2.45, 2.75) is 25.8 Å². The van der Waals surface area contributed by atoms with Crippen LogP contribution in [0.15, 0.2) is 24.3 Å². The van der Waals surface area contributed by atoms with Crippen molar-refractivity contribution in [1.29, 1.82) is 0 Å². The van der Waals surface area contributed by atoms with E-state index in [1.165, 1.54) is 0 Å². The maximum absolute atomic E-state index is 8.60. The highest BCUT2D eigenvalue weighted by molar-refractivity contribution is 6.31. The molecule has 0 aliphatic carbocycles. The lowest BCUT2D eigenvalue weighted by atomic mass is 10.2. The number of halogens is 1.